The zero-order valence-corrected chi connectivity index (χ0v) is 12.4. The largest absolute Gasteiger partial charge is 0.388 e. The minimum atomic E-state index is 0.180. The Labute approximate surface area is 116 Å². The molecule has 3 heteroatoms. The lowest BCUT2D eigenvalue weighted by atomic mass is 9.95. The summed E-state index contributed by atoms with van der Waals surface area (Å²) in [6.07, 6.45) is 3.46. The highest BCUT2D eigenvalue weighted by atomic mass is 16.2. The van der Waals surface area contributed by atoms with Crippen LogP contribution in [0, 0.1) is 6.92 Å². The van der Waals surface area contributed by atoms with Crippen molar-refractivity contribution in [2.45, 2.75) is 52.1 Å². The number of nitrogens with zero attached hydrogens (tertiary/aromatic N) is 1. The van der Waals surface area contributed by atoms with Crippen LogP contribution in [0.4, 0.5) is 5.69 Å². The lowest BCUT2D eigenvalue weighted by molar-refractivity contribution is 0.0510. The van der Waals surface area contributed by atoms with Crippen LogP contribution in [-0.4, -0.2) is 29.9 Å². The van der Waals surface area contributed by atoms with Crippen LogP contribution in [0.1, 0.15) is 49.0 Å². The van der Waals surface area contributed by atoms with Crippen molar-refractivity contribution in [1.82, 2.24) is 4.90 Å². The molecule has 0 aromatic heterocycles. The van der Waals surface area contributed by atoms with Gasteiger partial charge < -0.3 is 10.2 Å². The molecule has 0 radical (unpaired) electrons. The molecular weight excluding hydrogens is 236 g/mol. The molecule has 1 aliphatic heterocycles. The van der Waals surface area contributed by atoms with E-state index < -0.39 is 0 Å². The van der Waals surface area contributed by atoms with Gasteiger partial charge in [-0.25, -0.2) is 0 Å². The van der Waals surface area contributed by atoms with Gasteiger partial charge in [-0.2, -0.15) is 0 Å². The molecule has 19 heavy (non-hydrogen) atoms. The van der Waals surface area contributed by atoms with Crippen molar-refractivity contribution in [3.63, 3.8) is 0 Å². The molecule has 1 amide bonds. The van der Waals surface area contributed by atoms with E-state index in [1.807, 2.05) is 32.2 Å². The number of aryl methyl sites for hydroxylation is 1. The maximum absolute atomic E-state index is 12.7. The molecule has 104 valence electrons. The van der Waals surface area contributed by atoms with Crippen LogP contribution in [0.15, 0.2) is 18.2 Å². The number of nitrogens with one attached hydrogen (secondary N) is 1. The number of piperidine rings is 1. The van der Waals surface area contributed by atoms with Gasteiger partial charge in [0.05, 0.1) is 0 Å². The molecule has 1 heterocycles. The molecule has 1 fully saturated rings. The molecule has 2 rings (SSSR count). The Morgan fingerprint density at radius 3 is 2.42 bits per heavy atom. The SMILES string of the molecule is CNc1ccc(C(=O)N2C(C)CCCC2C)c(C)c1. The Bertz CT molecular complexity index is 460. The lowest BCUT2D eigenvalue weighted by Crippen LogP contribution is -2.47. The monoisotopic (exact) mass is 260 g/mol. The van der Waals surface area contributed by atoms with Gasteiger partial charge in [-0.3, -0.25) is 4.79 Å². The van der Waals surface area contributed by atoms with Gasteiger partial charge in [0, 0.05) is 30.4 Å². The Kier molecular flexibility index (Phi) is 4.13. The Hall–Kier alpha value is -1.51. The van der Waals surface area contributed by atoms with Crippen LogP contribution < -0.4 is 5.32 Å². The van der Waals surface area contributed by atoms with E-state index in [4.69, 9.17) is 0 Å². The molecule has 1 aliphatic rings. The molecule has 1 aromatic rings. The number of carbonyl (C=O) groups excluding carboxylic acids is 1. The Balaban J connectivity index is 2.28. The molecule has 0 spiro atoms. The molecule has 1 saturated heterocycles. The molecule has 0 aliphatic carbocycles. The number of hydrogen-bond donors (Lipinski definition) is 1. The van der Waals surface area contributed by atoms with Gasteiger partial charge in [0.1, 0.15) is 0 Å². The van der Waals surface area contributed by atoms with Crippen LogP contribution in [0.2, 0.25) is 0 Å². The molecule has 1 N–H and O–H groups in total. The third kappa shape index (κ3) is 2.75. The van der Waals surface area contributed by atoms with E-state index in [0.717, 1.165) is 29.7 Å². The minimum absolute atomic E-state index is 0.180. The van der Waals surface area contributed by atoms with Gasteiger partial charge in [-0.05, 0) is 63.8 Å². The van der Waals surface area contributed by atoms with Crippen LogP contribution in [0.25, 0.3) is 0 Å². The molecular formula is C16H24N2O. The first-order chi connectivity index (χ1) is 9.04. The predicted molar refractivity (Wildman–Crippen MR) is 79.7 cm³/mol. The van der Waals surface area contributed by atoms with Crippen LogP contribution in [-0.2, 0) is 0 Å². The molecule has 0 saturated carbocycles. The summed E-state index contributed by atoms with van der Waals surface area (Å²) in [5.41, 5.74) is 2.93. The predicted octanol–water partition coefficient (Wildman–Crippen LogP) is 3.44. The first-order valence-electron chi connectivity index (χ1n) is 7.15. The van der Waals surface area contributed by atoms with Gasteiger partial charge in [0.25, 0.3) is 5.91 Å². The smallest absolute Gasteiger partial charge is 0.254 e. The number of hydrogen-bond acceptors (Lipinski definition) is 2. The normalized spacial score (nSPS) is 23.3. The van der Waals surface area contributed by atoms with Crippen molar-refractivity contribution in [2.24, 2.45) is 0 Å². The third-order valence-corrected chi connectivity index (χ3v) is 4.17. The van der Waals surface area contributed by atoms with E-state index in [-0.39, 0.29) is 5.91 Å². The average Bonchev–Trinajstić information content (AvgIpc) is 2.38. The number of carbonyl (C=O) groups is 1. The number of amides is 1. The zero-order chi connectivity index (χ0) is 14.0. The second-order valence-corrected chi connectivity index (χ2v) is 5.62. The molecule has 2 unspecified atom stereocenters. The average molecular weight is 260 g/mol. The van der Waals surface area contributed by atoms with Crippen molar-refractivity contribution in [3.8, 4) is 0 Å². The summed E-state index contributed by atoms with van der Waals surface area (Å²) in [5, 5.41) is 3.11. The standard InChI is InChI=1S/C16H24N2O/c1-11-10-14(17-4)8-9-15(11)16(19)18-12(2)6-5-7-13(18)3/h8-10,12-13,17H,5-7H2,1-4H3. The van der Waals surface area contributed by atoms with E-state index in [9.17, 15) is 4.79 Å². The topological polar surface area (TPSA) is 32.3 Å². The fourth-order valence-corrected chi connectivity index (χ4v) is 3.02. The van der Waals surface area contributed by atoms with Crippen molar-refractivity contribution in [1.29, 1.82) is 0 Å². The number of rotatable bonds is 2. The van der Waals surface area contributed by atoms with Crippen LogP contribution in [0.5, 0.6) is 0 Å². The molecule has 2 atom stereocenters. The third-order valence-electron chi connectivity index (χ3n) is 4.17. The quantitative estimate of drug-likeness (QED) is 0.883. The number of likely N-dealkylation sites (tertiary alicyclic amines) is 1. The van der Waals surface area contributed by atoms with E-state index in [1.54, 1.807) is 0 Å². The summed E-state index contributed by atoms with van der Waals surface area (Å²) in [6.45, 7) is 6.32. The summed E-state index contributed by atoms with van der Waals surface area (Å²) in [6, 6.07) is 6.64. The van der Waals surface area contributed by atoms with Gasteiger partial charge in [0.15, 0.2) is 0 Å². The van der Waals surface area contributed by atoms with Crippen molar-refractivity contribution in [2.75, 3.05) is 12.4 Å². The maximum Gasteiger partial charge on any atom is 0.254 e. The highest BCUT2D eigenvalue weighted by Crippen LogP contribution is 2.26. The van der Waals surface area contributed by atoms with Crippen molar-refractivity contribution in [3.05, 3.63) is 29.3 Å². The lowest BCUT2D eigenvalue weighted by Gasteiger charge is -2.39. The summed E-state index contributed by atoms with van der Waals surface area (Å²) in [5.74, 6) is 0.180. The van der Waals surface area contributed by atoms with Crippen molar-refractivity contribution < 1.29 is 4.79 Å². The van der Waals surface area contributed by atoms with Crippen molar-refractivity contribution >= 4 is 11.6 Å². The summed E-state index contributed by atoms with van der Waals surface area (Å²) >= 11 is 0. The molecule has 0 bridgehead atoms. The van der Waals surface area contributed by atoms with Crippen LogP contribution >= 0.6 is 0 Å². The first kappa shape index (κ1) is 13.9. The summed E-state index contributed by atoms with van der Waals surface area (Å²) in [4.78, 5) is 14.8. The first-order valence-corrected chi connectivity index (χ1v) is 7.15. The molecule has 3 nitrogen and oxygen atoms in total. The second kappa shape index (κ2) is 5.64. The number of benzene rings is 1. The van der Waals surface area contributed by atoms with E-state index in [0.29, 0.717) is 12.1 Å². The summed E-state index contributed by atoms with van der Waals surface area (Å²) < 4.78 is 0. The van der Waals surface area contributed by atoms with E-state index in [1.165, 1.54) is 6.42 Å². The van der Waals surface area contributed by atoms with Gasteiger partial charge >= 0.3 is 0 Å². The van der Waals surface area contributed by atoms with Gasteiger partial charge in [-0.1, -0.05) is 0 Å². The minimum Gasteiger partial charge on any atom is -0.388 e. The highest BCUT2D eigenvalue weighted by molar-refractivity contribution is 5.96. The fraction of sp³-hybridized carbons (Fsp3) is 0.562. The highest BCUT2D eigenvalue weighted by Gasteiger charge is 2.30. The zero-order valence-electron chi connectivity index (χ0n) is 12.4. The number of anilines is 1. The Morgan fingerprint density at radius 2 is 1.89 bits per heavy atom. The summed E-state index contributed by atoms with van der Waals surface area (Å²) in [7, 11) is 1.89. The Morgan fingerprint density at radius 1 is 1.26 bits per heavy atom. The van der Waals surface area contributed by atoms with Gasteiger partial charge in [-0.15, -0.1) is 0 Å². The van der Waals surface area contributed by atoms with E-state index in [2.05, 4.69) is 24.1 Å². The van der Waals surface area contributed by atoms with Gasteiger partial charge in [0.2, 0.25) is 0 Å². The van der Waals surface area contributed by atoms with E-state index >= 15 is 0 Å². The second-order valence-electron chi connectivity index (χ2n) is 5.62. The molecule has 1 aromatic carbocycles. The maximum atomic E-state index is 12.7. The fourth-order valence-electron chi connectivity index (χ4n) is 3.02. The van der Waals surface area contributed by atoms with Crippen LogP contribution in [0.3, 0.4) is 0 Å².